The Morgan fingerprint density at radius 3 is 2.54 bits per heavy atom. The summed E-state index contributed by atoms with van der Waals surface area (Å²) in [7, 11) is 0. The number of para-hydroxylation sites is 1. The lowest BCUT2D eigenvalue weighted by Gasteiger charge is -2.09. The van der Waals surface area contributed by atoms with E-state index < -0.39 is 0 Å². The van der Waals surface area contributed by atoms with Gasteiger partial charge >= 0.3 is 0 Å². The van der Waals surface area contributed by atoms with Crippen LogP contribution in [0.5, 0.6) is 0 Å². The van der Waals surface area contributed by atoms with Gasteiger partial charge in [-0.1, -0.05) is 52.8 Å². The van der Waals surface area contributed by atoms with Gasteiger partial charge in [0.15, 0.2) is 5.16 Å². The molecule has 1 amide bonds. The summed E-state index contributed by atoms with van der Waals surface area (Å²) in [6.07, 6.45) is 1.20. The van der Waals surface area contributed by atoms with E-state index >= 15 is 0 Å². The first-order valence-corrected chi connectivity index (χ1v) is 10.1. The highest BCUT2D eigenvalue weighted by atomic mass is 79.9. The largest absolute Gasteiger partial charge is 0.326 e. The van der Waals surface area contributed by atoms with Gasteiger partial charge in [0.25, 0.3) is 0 Å². The topological polar surface area (TPSA) is 59.8 Å². The molecule has 3 rings (SSSR count). The zero-order chi connectivity index (χ0) is 18.4. The van der Waals surface area contributed by atoms with Crippen molar-refractivity contribution < 1.29 is 4.79 Å². The number of aromatic nitrogens is 3. The van der Waals surface area contributed by atoms with Crippen molar-refractivity contribution in [2.45, 2.75) is 24.9 Å². The molecule has 26 heavy (non-hydrogen) atoms. The van der Waals surface area contributed by atoms with Crippen LogP contribution in [-0.2, 0) is 11.2 Å². The molecule has 0 aliphatic rings. The smallest absolute Gasteiger partial charge is 0.225 e. The van der Waals surface area contributed by atoms with Crippen LogP contribution in [0.1, 0.15) is 19.2 Å². The third kappa shape index (κ3) is 4.74. The van der Waals surface area contributed by atoms with E-state index in [-0.39, 0.29) is 5.91 Å². The van der Waals surface area contributed by atoms with Crippen molar-refractivity contribution in [2.75, 3.05) is 11.1 Å². The van der Waals surface area contributed by atoms with Crippen LogP contribution in [0.4, 0.5) is 5.69 Å². The Bertz CT molecular complexity index is 865. The van der Waals surface area contributed by atoms with Crippen molar-refractivity contribution in [1.29, 1.82) is 0 Å². The second-order valence-corrected chi connectivity index (χ2v) is 7.55. The van der Waals surface area contributed by atoms with Gasteiger partial charge in [-0.3, -0.25) is 9.36 Å². The molecule has 0 aliphatic heterocycles. The van der Waals surface area contributed by atoms with Crippen LogP contribution in [0.3, 0.4) is 0 Å². The first-order valence-electron chi connectivity index (χ1n) is 8.35. The molecule has 1 N–H and O–H groups in total. The van der Waals surface area contributed by atoms with Gasteiger partial charge in [0, 0.05) is 34.4 Å². The van der Waals surface area contributed by atoms with E-state index in [0.717, 1.165) is 33.2 Å². The molecule has 0 saturated heterocycles. The Kier molecular flexibility index (Phi) is 6.46. The summed E-state index contributed by atoms with van der Waals surface area (Å²) in [5, 5.41) is 12.3. The second-order valence-electron chi connectivity index (χ2n) is 5.58. The maximum atomic E-state index is 12.1. The van der Waals surface area contributed by atoms with E-state index in [1.807, 2.05) is 54.6 Å². The molecular formula is C19H19BrN4OS. The first-order chi connectivity index (χ1) is 12.7. The fourth-order valence-corrected chi connectivity index (χ4v) is 3.62. The van der Waals surface area contributed by atoms with Crippen LogP contribution >= 0.6 is 27.7 Å². The maximum absolute atomic E-state index is 12.1. The lowest BCUT2D eigenvalue weighted by Crippen LogP contribution is -2.12. The summed E-state index contributed by atoms with van der Waals surface area (Å²) in [5.74, 6) is 1.54. The minimum atomic E-state index is -0.0127. The summed E-state index contributed by atoms with van der Waals surface area (Å²) in [6.45, 7) is 2.06. The van der Waals surface area contributed by atoms with Crippen molar-refractivity contribution in [2.24, 2.45) is 0 Å². The van der Waals surface area contributed by atoms with Gasteiger partial charge in [-0.15, -0.1) is 10.2 Å². The SMILES string of the molecule is CCc1nnc(SCCC(=O)Nc2ccc(Br)cc2)n1-c1ccccc1. The fraction of sp³-hybridized carbons (Fsp3) is 0.211. The second kappa shape index (κ2) is 9.00. The minimum absolute atomic E-state index is 0.0127. The summed E-state index contributed by atoms with van der Waals surface area (Å²) < 4.78 is 3.04. The number of halogens is 1. The number of nitrogens with zero attached hydrogens (tertiary/aromatic N) is 3. The molecule has 0 unspecified atom stereocenters. The summed E-state index contributed by atoms with van der Waals surface area (Å²) in [6, 6.07) is 17.6. The quantitative estimate of drug-likeness (QED) is 0.551. The molecule has 1 aromatic heterocycles. The van der Waals surface area contributed by atoms with Gasteiger partial charge < -0.3 is 5.32 Å². The number of carbonyl (C=O) groups is 1. The summed E-state index contributed by atoms with van der Waals surface area (Å²) in [5.41, 5.74) is 1.83. The van der Waals surface area contributed by atoms with Crippen molar-refractivity contribution in [3.8, 4) is 5.69 Å². The molecule has 2 aromatic carbocycles. The Labute approximate surface area is 165 Å². The maximum Gasteiger partial charge on any atom is 0.225 e. The highest BCUT2D eigenvalue weighted by Gasteiger charge is 2.13. The number of amides is 1. The Morgan fingerprint density at radius 1 is 1.12 bits per heavy atom. The van der Waals surface area contributed by atoms with Crippen LogP contribution in [0.2, 0.25) is 0 Å². The molecule has 0 radical (unpaired) electrons. The van der Waals surface area contributed by atoms with Gasteiger partial charge in [-0.2, -0.15) is 0 Å². The molecule has 134 valence electrons. The van der Waals surface area contributed by atoms with Gasteiger partial charge in [-0.05, 0) is 36.4 Å². The molecule has 0 atom stereocenters. The van der Waals surface area contributed by atoms with E-state index in [2.05, 4.69) is 42.9 Å². The average molecular weight is 431 g/mol. The molecule has 0 bridgehead atoms. The molecule has 1 heterocycles. The number of benzene rings is 2. The van der Waals surface area contributed by atoms with E-state index in [1.165, 1.54) is 0 Å². The van der Waals surface area contributed by atoms with E-state index in [9.17, 15) is 4.79 Å². The zero-order valence-electron chi connectivity index (χ0n) is 14.4. The molecule has 0 fully saturated rings. The molecule has 0 spiro atoms. The van der Waals surface area contributed by atoms with Gasteiger partial charge in [0.1, 0.15) is 5.82 Å². The number of carbonyl (C=O) groups excluding carboxylic acids is 1. The van der Waals surface area contributed by atoms with Gasteiger partial charge in [0.2, 0.25) is 5.91 Å². The molecular weight excluding hydrogens is 412 g/mol. The fourth-order valence-electron chi connectivity index (χ4n) is 2.45. The number of aryl methyl sites for hydroxylation is 1. The standard InChI is InChI=1S/C19H19BrN4OS/c1-2-17-22-23-19(24(17)16-6-4-3-5-7-16)26-13-12-18(25)21-15-10-8-14(20)9-11-15/h3-11H,2,12-13H2,1H3,(H,21,25). The Morgan fingerprint density at radius 2 is 1.85 bits per heavy atom. The van der Waals surface area contributed by atoms with Crippen LogP contribution in [-0.4, -0.2) is 26.4 Å². The minimum Gasteiger partial charge on any atom is -0.326 e. The number of anilines is 1. The highest BCUT2D eigenvalue weighted by Crippen LogP contribution is 2.23. The van der Waals surface area contributed by atoms with Gasteiger partial charge in [0.05, 0.1) is 0 Å². The number of hydrogen-bond donors (Lipinski definition) is 1. The summed E-state index contributed by atoms with van der Waals surface area (Å²) >= 11 is 4.92. The van der Waals surface area contributed by atoms with Gasteiger partial charge in [-0.25, -0.2) is 0 Å². The normalized spacial score (nSPS) is 10.7. The van der Waals surface area contributed by atoms with E-state index in [1.54, 1.807) is 11.8 Å². The Balaban J connectivity index is 1.61. The number of hydrogen-bond acceptors (Lipinski definition) is 4. The molecule has 7 heteroatoms. The predicted molar refractivity (Wildman–Crippen MR) is 109 cm³/mol. The molecule has 0 aliphatic carbocycles. The lowest BCUT2D eigenvalue weighted by molar-refractivity contribution is -0.115. The predicted octanol–water partition coefficient (Wildman–Crippen LogP) is 4.71. The highest BCUT2D eigenvalue weighted by molar-refractivity contribution is 9.10. The molecule has 3 aromatic rings. The third-order valence-electron chi connectivity index (χ3n) is 3.72. The van der Waals surface area contributed by atoms with Crippen molar-refractivity contribution in [1.82, 2.24) is 14.8 Å². The molecule has 5 nitrogen and oxygen atoms in total. The summed E-state index contributed by atoms with van der Waals surface area (Å²) in [4.78, 5) is 12.1. The van der Waals surface area contributed by atoms with Crippen LogP contribution in [0.25, 0.3) is 5.69 Å². The van der Waals surface area contributed by atoms with Crippen LogP contribution in [0.15, 0.2) is 64.2 Å². The zero-order valence-corrected chi connectivity index (χ0v) is 16.8. The number of rotatable bonds is 7. The van der Waals surface area contributed by atoms with Crippen molar-refractivity contribution in [3.63, 3.8) is 0 Å². The van der Waals surface area contributed by atoms with Crippen LogP contribution < -0.4 is 5.32 Å². The lowest BCUT2D eigenvalue weighted by atomic mass is 10.3. The van der Waals surface area contributed by atoms with E-state index in [0.29, 0.717) is 12.2 Å². The van der Waals surface area contributed by atoms with E-state index in [4.69, 9.17) is 0 Å². The van der Waals surface area contributed by atoms with Crippen molar-refractivity contribution >= 4 is 39.3 Å². The van der Waals surface area contributed by atoms with Crippen LogP contribution in [0, 0.1) is 0 Å². The molecule has 0 saturated carbocycles. The van der Waals surface area contributed by atoms with Crippen molar-refractivity contribution in [3.05, 3.63) is 64.9 Å². The number of nitrogens with one attached hydrogen (secondary N) is 1. The Hall–Kier alpha value is -2.12. The monoisotopic (exact) mass is 430 g/mol. The average Bonchev–Trinajstić information content (AvgIpc) is 3.07. The first kappa shape index (κ1) is 18.7. The third-order valence-corrected chi connectivity index (χ3v) is 5.18. The number of thioether (sulfide) groups is 1.